The zero-order valence-electron chi connectivity index (χ0n) is 9.52. The lowest BCUT2D eigenvalue weighted by molar-refractivity contribution is 0.810. The van der Waals surface area contributed by atoms with Gasteiger partial charge in [-0.05, 0) is 32.4 Å². The quantitative estimate of drug-likeness (QED) is 0.855. The van der Waals surface area contributed by atoms with Gasteiger partial charge >= 0.3 is 0 Å². The maximum atomic E-state index is 6.49. The average Bonchev–Trinajstić information content (AvgIpc) is 2.16. The van der Waals surface area contributed by atoms with Crippen LogP contribution in [0, 0.1) is 0 Å². The van der Waals surface area contributed by atoms with Gasteiger partial charge in [0.25, 0.3) is 0 Å². The van der Waals surface area contributed by atoms with Gasteiger partial charge in [0, 0.05) is 23.2 Å². The van der Waals surface area contributed by atoms with Gasteiger partial charge in [-0.15, -0.1) is 10.4 Å². The smallest absolute Gasteiger partial charge is 0.0468 e. The van der Waals surface area contributed by atoms with Crippen LogP contribution in [0.15, 0.2) is 30.3 Å². The molecule has 2 nitrogen and oxygen atoms in total. The fraction of sp³-hybridized carbons (Fsp3) is 0.500. The first-order valence-corrected chi connectivity index (χ1v) is 7.53. The largest absolute Gasteiger partial charge is 0.320 e. The average molecular weight is 224 g/mol. The van der Waals surface area contributed by atoms with E-state index in [9.17, 15) is 0 Å². The molecule has 0 aromatic heterocycles. The van der Waals surface area contributed by atoms with Gasteiger partial charge in [0.2, 0.25) is 0 Å². The van der Waals surface area contributed by atoms with E-state index >= 15 is 0 Å². The van der Waals surface area contributed by atoms with Crippen molar-refractivity contribution in [2.45, 2.75) is 26.3 Å². The van der Waals surface area contributed by atoms with Crippen LogP contribution in [0.1, 0.15) is 20.3 Å². The third-order valence-electron chi connectivity index (χ3n) is 2.87. The predicted molar refractivity (Wildman–Crippen MR) is 70.2 cm³/mol. The molecule has 1 aromatic rings. The molecule has 1 saturated heterocycles. The zero-order chi connectivity index (χ0) is 10.9. The van der Waals surface area contributed by atoms with Crippen LogP contribution < -0.4 is 9.44 Å². The summed E-state index contributed by atoms with van der Waals surface area (Å²) < 4.78 is 2.44. The first-order valence-electron chi connectivity index (χ1n) is 5.54. The van der Waals surface area contributed by atoms with E-state index in [1.165, 1.54) is 23.6 Å². The van der Waals surface area contributed by atoms with Crippen LogP contribution in [-0.4, -0.2) is 17.5 Å². The summed E-state index contributed by atoms with van der Waals surface area (Å²) in [5.41, 5.74) is 1.28. The molecule has 0 amide bonds. The van der Waals surface area contributed by atoms with E-state index in [0.717, 1.165) is 0 Å². The van der Waals surface area contributed by atoms with Crippen molar-refractivity contribution >= 4 is 16.1 Å². The molecule has 1 aromatic carbocycles. The molecule has 2 N–H and O–H groups in total. The summed E-state index contributed by atoms with van der Waals surface area (Å²) in [6.07, 6.45) is 1.29. The zero-order valence-corrected chi connectivity index (χ0v) is 10.3. The van der Waals surface area contributed by atoms with Crippen molar-refractivity contribution in [1.82, 2.24) is 0 Å². The molecule has 0 bridgehead atoms. The lowest BCUT2D eigenvalue weighted by Crippen LogP contribution is -2.46. The molecule has 1 aliphatic rings. The van der Waals surface area contributed by atoms with Crippen LogP contribution in [0.4, 0.5) is 5.69 Å². The highest BCUT2D eigenvalue weighted by molar-refractivity contribution is 8.34. The summed E-state index contributed by atoms with van der Waals surface area (Å²) >= 11 is 0. The van der Waals surface area contributed by atoms with E-state index in [2.05, 4.69) is 48.5 Å². The van der Waals surface area contributed by atoms with E-state index in [0.29, 0.717) is 6.04 Å². The van der Waals surface area contributed by atoms with Gasteiger partial charge in [0.15, 0.2) is 0 Å². The second kappa shape index (κ2) is 4.06. The van der Waals surface area contributed by atoms with Crippen molar-refractivity contribution in [2.75, 3.05) is 15.8 Å². The minimum atomic E-state index is -0.999. The molecule has 0 saturated carbocycles. The van der Waals surface area contributed by atoms with Crippen molar-refractivity contribution in [1.29, 1.82) is 0 Å². The van der Waals surface area contributed by atoms with E-state index in [4.69, 9.17) is 5.14 Å². The number of hydrogen-bond donors (Lipinski definition) is 1. The van der Waals surface area contributed by atoms with Crippen molar-refractivity contribution in [3.8, 4) is 0 Å². The molecule has 0 spiro atoms. The van der Waals surface area contributed by atoms with Crippen LogP contribution in [0.3, 0.4) is 0 Å². The third kappa shape index (κ3) is 1.99. The Bertz CT molecular complexity index is 320. The standard InChI is InChI=1S/C12H20N2S/c1-11(2)14(15(13)9-6-10-15)12-7-4-3-5-8-12/h3-5,7-8,11H,6,9-10,13H2,1-2H3. The maximum Gasteiger partial charge on any atom is 0.0468 e. The molecule has 84 valence electrons. The van der Waals surface area contributed by atoms with E-state index in [1.807, 2.05) is 0 Å². The SMILES string of the molecule is CC(C)N(c1ccccc1)S1(N)CCC1. The van der Waals surface area contributed by atoms with Gasteiger partial charge < -0.3 is 4.31 Å². The van der Waals surface area contributed by atoms with E-state index in [1.54, 1.807) is 0 Å². The van der Waals surface area contributed by atoms with Gasteiger partial charge in [-0.3, -0.25) is 5.14 Å². The van der Waals surface area contributed by atoms with E-state index in [-0.39, 0.29) is 0 Å². The van der Waals surface area contributed by atoms with E-state index < -0.39 is 10.4 Å². The number of nitrogens with zero attached hydrogens (tertiary/aromatic N) is 1. The highest BCUT2D eigenvalue weighted by Crippen LogP contribution is 2.55. The molecule has 1 aliphatic heterocycles. The first kappa shape index (κ1) is 10.8. The molecule has 0 aliphatic carbocycles. The van der Waals surface area contributed by atoms with Crippen LogP contribution in [0.25, 0.3) is 0 Å². The monoisotopic (exact) mass is 224 g/mol. The summed E-state index contributed by atoms with van der Waals surface area (Å²) in [5.74, 6) is 2.39. The molecule has 3 heteroatoms. The fourth-order valence-electron chi connectivity index (χ4n) is 2.14. The van der Waals surface area contributed by atoms with Crippen LogP contribution in [0.2, 0.25) is 0 Å². The Hall–Kier alpha value is -0.670. The van der Waals surface area contributed by atoms with Crippen molar-refractivity contribution in [3.05, 3.63) is 30.3 Å². The molecular weight excluding hydrogens is 204 g/mol. The maximum absolute atomic E-state index is 6.49. The fourth-order valence-corrected chi connectivity index (χ4v) is 4.79. The number of anilines is 1. The van der Waals surface area contributed by atoms with Crippen LogP contribution >= 0.6 is 10.4 Å². The van der Waals surface area contributed by atoms with Crippen molar-refractivity contribution in [2.24, 2.45) is 5.14 Å². The van der Waals surface area contributed by atoms with Gasteiger partial charge in [-0.1, -0.05) is 18.2 Å². The van der Waals surface area contributed by atoms with Gasteiger partial charge in [-0.25, -0.2) is 0 Å². The van der Waals surface area contributed by atoms with Gasteiger partial charge in [0.05, 0.1) is 0 Å². The Morgan fingerprint density at radius 1 is 1.20 bits per heavy atom. The van der Waals surface area contributed by atoms with Gasteiger partial charge in [0.1, 0.15) is 0 Å². The Labute approximate surface area is 94.0 Å². The van der Waals surface area contributed by atoms with Crippen LogP contribution in [-0.2, 0) is 0 Å². The topological polar surface area (TPSA) is 29.3 Å². The van der Waals surface area contributed by atoms with Crippen molar-refractivity contribution < 1.29 is 0 Å². The van der Waals surface area contributed by atoms with Crippen molar-refractivity contribution in [3.63, 3.8) is 0 Å². The molecule has 2 rings (SSSR count). The number of para-hydroxylation sites is 1. The summed E-state index contributed by atoms with van der Waals surface area (Å²) in [6.45, 7) is 4.46. The number of benzene rings is 1. The van der Waals surface area contributed by atoms with Gasteiger partial charge in [-0.2, -0.15) is 0 Å². The summed E-state index contributed by atoms with van der Waals surface area (Å²) in [7, 11) is -0.999. The molecule has 1 heterocycles. The second-order valence-electron chi connectivity index (χ2n) is 4.42. The predicted octanol–water partition coefficient (Wildman–Crippen LogP) is 2.90. The Balaban J connectivity index is 2.28. The normalized spacial score (nSPS) is 20.8. The highest BCUT2D eigenvalue weighted by Gasteiger charge is 2.35. The number of hydrogen-bond acceptors (Lipinski definition) is 2. The Kier molecular flexibility index (Phi) is 2.94. The molecule has 1 fully saturated rings. The lowest BCUT2D eigenvalue weighted by Gasteiger charge is -2.55. The first-order chi connectivity index (χ1) is 7.13. The molecule has 0 radical (unpaired) electrons. The summed E-state index contributed by atoms with van der Waals surface area (Å²) in [5, 5.41) is 6.49. The Morgan fingerprint density at radius 3 is 2.20 bits per heavy atom. The second-order valence-corrected chi connectivity index (χ2v) is 7.43. The lowest BCUT2D eigenvalue weighted by atomic mass is 10.3. The van der Waals surface area contributed by atoms with Crippen LogP contribution in [0.5, 0.6) is 0 Å². The number of rotatable bonds is 3. The third-order valence-corrected chi connectivity index (χ3v) is 6.27. The number of nitrogens with two attached hydrogens (primary N) is 1. The molecular formula is C12H20N2S. The Morgan fingerprint density at radius 2 is 1.80 bits per heavy atom. The minimum absolute atomic E-state index is 0.493. The summed E-state index contributed by atoms with van der Waals surface area (Å²) in [4.78, 5) is 0. The molecule has 0 atom stereocenters. The molecule has 0 unspecified atom stereocenters. The highest BCUT2D eigenvalue weighted by atomic mass is 32.3. The summed E-state index contributed by atoms with van der Waals surface area (Å²) in [6, 6.07) is 11.1. The molecule has 15 heavy (non-hydrogen) atoms. The minimum Gasteiger partial charge on any atom is -0.320 e.